The highest BCUT2D eigenvalue weighted by Gasteiger charge is 2.24. The van der Waals surface area contributed by atoms with Gasteiger partial charge in [-0.3, -0.25) is 10.1 Å². The number of rotatable bonds is 8. The van der Waals surface area contributed by atoms with E-state index in [9.17, 15) is 14.9 Å². The molecule has 1 aromatic carbocycles. The first kappa shape index (κ1) is 20.5. The lowest BCUT2D eigenvalue weighted by Crippen LogP contribution is -2.33. The Hall–Kier alpha value is -3.27. The number of benzene rings is 1. The second-order valence-corrected chi connectivity index (χ2v) is 6.67. The van der Waals surface area contributed by atoms with Crippen molar-refractivity contribution < 1.29 is 14.5 Å². The van der Waals surface area contributed by atoms with E-state index in [1.807, 2.05) is 0 Å². The molecule has 154 valence electrons. The minimum Gasteiger partial charge on any atom is -0.465 e. The molecule has 10 nitrogen and oxygen atoms in total. The number of likely N-dealkylation sites (tertiary alicyclic amines) is 1. The Bertz CT molecular complexity index is 870. The van der Waals surface area contributed by atoms with Gasteiger partial charge in [-0.05, 0) is 38.1 Å². The number of carbonyl (C=O) groups is 1. The summed E-state index contributed by atoms with van der Waals surface area (Å²) in [6, 6.07) is 6.58. The minimum absolute atomic E-state index is 0.00169. The predicted molar refractivity (Wildman–Crippen MR) is 109 cm³/mol. The molecule has 0 saturated carbocycles. The zero-order valence-electron chi connectivity index (χ0n) is 16.3. The van der Waals surface area contributed by atoms with Crippen LogP contribution in [0, 0.1) is 10.1 Å². The molecule has 0 radical (unpaired) electrons. The highest BCUT2D eigenvalue weighted by Crippen LogP contribution is 2.32. The Kier molecular flexibility index (Phi) is 6.90. The van der Waals surface area contributed by atoms with Crippen molar-refractivity contribution >= 4 is 29.0 Å². The first-order valence-corrected chi connectivity index (χ1v) is 9.50. The zero-order valence-corrected chi connectivity index (χ0v) is 16.3. The number of aromatic nitrogens is 2. The van der Waals surface area contributed by atoms with Crippen LogP contribution in [0.4, 0.5) is 23.0 Å². The van der Waals surface area contributed by atoms with Gasteiger partial charge in [0.05, 0.1) is 23.3 Å². The molecule has 1 aliphatic heterocycles. The molecule has 1 aromatic heterocycles. The lowest BCUT2D eigenvalue weighted by atomic mass is 10.1. The molecule has 29 heavy (non-hydrogen) atoms. The molecule has 3 rings (SSSR count). The number of hydrogen-bond acceptors (Lipinski definition) is 9. The third-order valence-electron chi connectivity index (χ3n) is 4.76. The van der Waals surface area contributed by atoms with E-state index in [1.54, 1.807) is 24.3 Å². The number of hydrogen-bond donors (Lipinski definition) is 2. The second kappa shape index (κ2) is 9.78. The predicted octanol–water partition coefficient (Wildman–Crippen LogP) is 2.81. The third-order valence-corrected chi connectivity index (χ3v) is 4.76. The number of methoxy groups -OCH3 is 1. The Morgan fingerprint density at radius 3 is 2.66 bits per heavy atom. The maximum atomic E-state index is 12.0. The number of nitrogens with zero attached hydrogens (tertiary/aromatic N) is 4. The molecule has 0 amide bonds. The van der Waals surface area contributed by atoms with E-state index in [2.05, 4.69) is 25.5 Å². The van der Waals surface area contributed by atoms with E-state index in [-0.39, 0.29) is 22.9 Å². The maximum Gasteiger partial charge on any atom is 0.353 e. The van der Waals surface area contributed by atoms with Gasteiger partial charge in [-0.1, -0.05) is 18.6 Å². The van der Waals surface area contributed by atoms with Crippen molar-refractivity contribution in [2.45, 2.75) is 19.3 Å². The van der Waals surface area contributed by atoms with Gasteiger partial charge in [0.25, 0.3) is 0 Å². The van der Waals surface area contributed by atoms with Crippen molar-refractivity contribution in [1.82, 2.24) is 14.9 Å². The first-order valence-electron chi connectivity index (χ1n) is 9.50. The van der Waals surface area contributed by atoms with E-state index in [1.165, 1.54) is 32.7 Å². The molecule has 2 aromatic rings. The average molecular weight is 400 g/mol. The maximum absolute atomic E-state index is 12.0. The van der Waals surface area contributed by atoms with Crippen LogP contribution in [0.5, 0.6) is 0 Å². The van der Waals surface area contributed by atoms with Gasteiger partial charge in [0.2, 0.25) is 11.6 Å². The monoisotopic (exact) mass is 400 g/mol. The van der Waals surface area contributed by atoms with Crippen molar-refractivity contribution in [3.8, 4) is 0 Å². The molecule has 1 fully saturated rings. The van der Waals surface area contributed by atoms with Crippen LogP contribution >= 0.6 is 0 Å². The number of piperidine rings is 1. The number of ether oxygens (including phenoxy) is 1. The standard InChI is InChI=1S/C19H24N6O4/c1-29-19(26)14-7-3-4-8-15(14)23-18-16(25(27)28)17(21-13-22-18)20-9-12-24-10-5-2-6-11-24/h3-4,7-8,13H,2,5-6,9-12H2,1H3,(H2,20,21,22,23). The molecule has 2 heterocycles. The molecule has 0 unspecified atom stereocenters. The van der Waals surface area contributed by atoms with Gasteiger partial charge in [0.15, 0.2) is 0 Å². The summed E-state index contributed by atoms with van der Waals surface area (Å²) in [5.41, 5.74) is 0.341. The van der Waals surface area contributed by atoms with Crippen molar-refractivity contribution in [3.63, 3.8) is 0 Å². The van der Waals surface area contributed by atoms with E-state index in [4.69, 9.17) is 4.74 Å². The molecule has 2 N–H and O–H groups in total. The fourth-order valence-corrected chi connectivity index (χ4v) is 3.30. The number of para-hydroxylation sites is 1. The normalized spacial score (nSPS) is 14.2. The van der Waals surface area contributed by atoms with Crippen molar-refractivity contribution in [3.05, 3.63) is 46.3 Å². The third kappa shape index (κ3) is 5.17. The molecule has 1 aliphatic rings. The molecule has 0 spiro atoms. The van der Waals surface area contributed by atoms with Gasteiger partial charge >= 0.3 is 11.7 Å². The molecule has 0 aliphatic carbocycles. The van der Waals surface area contributed by atoms with E-state index >= 15 is 0 Å². The Balaban J connectivity index is 1.78. The largest absolute Gasteiger partial charge is 0.465 e. The Labute approximate surface area is 168 Å². The summed E-state index contributed by atoms with van der Waals surface area (Å²) >= 11 is 0. The number of anilines is 3. The van der Waals surface area contributed by atoms with Crippen LogP contribution in [0.15, 0.2) is 30.6 Å². The summed E-state index contributed by atoms with van der Waals surface area (Å²) in [6.07, 6.45) is 4.87. The van der Waals surface area contributed by atoms with Crippen molar-refractivity contribution in [1.29, 1.82) is 0 Å². The van der Waals surface area contributed by atoms with E-state index < -0.39 is 10.9 Å². The SMILES string of the molecule is COC(=O)c1ccccc1Nc1ncnc(NCCN2CCCCC2)c1[N+](=O)[O-]. The minimum atomic E-state index is -0.551. The van der Waals surface area contributed by atoms with Crippen LogP contribution in [0.1, 0.15) is 29.6 Å². The summed E-state index contributed by atoms with van der Waals surface area (Å²) in [6.45, 7) is 3.42. The highest BCUT2D eigenvalue weighted by atomic mass is 16.6. The van der Waals surface area contributed by atoms with Gasteiger partial charge in [-0.15, -0.1) is 0 Å². The fourth-order valence-electron chi connectivity index (χ4n) is 3.30. The van der Waals surface area contributed by atoms with Gasteiger partial charge < -0.3 is 20.3 Å². The second-order valence-electron chi connectivity index (χ2n) is 6.67. The van der Waals surface area contributed by atoms with Crippen LogP contribution in [0.25, 0.3) is 0 Å². The van der Waals surface area contributed by atoms with Crippen LogP contribution in [-0.4, -0.2) is 59.0 Å². The smallest absolute Gasteiger partial charge is 0.353 e. The van der Waals surface area contributed by atoms with Gasteiger partial charge in [-0.2, -0.15) is 0 Å². The number of esters is 1. The summed E-state index contributed by atoms with van der Waals surface area (Å²) in [5.74, 6) is -0.411. The summed E-state index contributed by atoms with van der Waals surface area (Å²) < 4.78 is 4.76. The lowest BCUT2D eigenvalue weighted by Gasteiger charge is -2.26. The zero-order chi connectivity index (χ0) is 20.6. The summed E-state index contributed by atoms with van der Waals surface area (Å²) in [7, 11) is 1.27. The van der Waals surface area contributed by atoms with Crippen LogP contribution in [0.3, 0.4) is 0 Å². The summed E-state index contributed by atoms with van der Waals surface area (Å²) in [5, 5.41) is 17.6. The molecule has 10 heteroatoms. The lowest BCUT2D eigenvalue weighted by molar-refractivity contribution is -0.383. The van der Waals surface area contributed by atoms with Crippen LogP contribution < -0.4 is 10.6 Å². The van der Waals surface area contributed by atoms with Gasteiger partial charge in [0.1, 0.15) is 6.33 Å². The van der Waals surface area contributed by atoms with E-state index in [0.717, 1.165) is 19.6 Å². The van der Waals surface area contributed by atoms with Gasteiger partial charge in [0, 0.05) is 13.1 Å². The van der Waals surface area contributed by atoms with E-state index in [0.29, 0.717) is 12.2 Å². The number of nitrogens with one attached hydrogen (secondary N) is 2. The topological polar surface area (TPSA) is 123 Å². The average Bonchev–Trinajstić information content (AvgIpc) is 2.74. The molecule has 0 atom stereocenters. The van der Waals surface area contributed by atoms with Crippen LogP contribution in [-0.2, 0) is 4.74 Å². The Morgan fingerprint density at radius 1 is 1.21 bits per heavy atom. The highest BCUT2D eigenvalue weighted by molar-refractivity contribution is 5.96. The van der Waals surface area contributed by atoms with Gasteiger partial charge in [-0.25, -0.2) is 14.8 Å². The quantitative estimate of drug-likeness (QED) is 0.391. The molecule has 0 bridgehead atoms. The summed E-state index contributed by atoms with van der Waals surface area (Å²) in [4.78, 5) is 33.5. The number of carbonyl (C=O) groups excluding carboxylic acids is 1. The van der Waals surface area contributed by atoms with Crippen LogP contribution in [0.2, 0.25) is 0 Å². The van der Waals surface area contributed by atoms with Crippen molar-refractivity contribution in [2.24, 2.45) is 0 Å². The fraction of sp³-hybridized carbons (Fsp3) is 0.421. The first-order chi connectivity index (χ1) is 14.1. The molecular weight excluding hydrogens is 376 g/mol. The molecule has 1 saturated heterocycles. The van der Waals surface area contributed by atoms with Crippen molar-refractivity contribution in [2.75, 3.05) is 43.9 Å². The Morgan fingerprint density at radius 2 is 1.93 bits per heavy atom. The number of nitro groups is 1. The molecular formula is C19H24N6O4.